The van der Waals surface area contributed by atoms with Gasteiger partial charge in [0.1, 0.15) is 0 Å². The lowest BCUT2D eigenvalue weighted by molar-refractivity contribution is -0.121. The molecule has 1 amide bonds. The number of likely N-dealkylation sites (tertiary alicyclic amines) is 1. The summed E-state index contributed by atoms with van der Waals surface area (Å²) in [6, 6.07) is 0.396. The second-order valence-corrected chi connectivity index (χ2v) is 7.95. The number of nitrogens with zero attached hydrogens (tertiary/aromatic N) is 2. The van der Waals surface area contributed by atoms with E-state index in [9.17, 15) is 4.79 Å². The predicted molar refractivity (Wildman–Crippen MR) is 129 cm³/mol. The zero-order valence-electron chi connectivity index (χ0n) is 17.8. The van der Waals surface area contributed by atoms with Crippen molar-refractivity contribution in [2.45, 2.75) is 83.6 Å². The molecular formula is C21H42IN5O. The van der Waals surface area contributed by atoms with Crippen molar-refractivity contribution in [2.75, 3.05) is 39.3 Å². The van der Waals surface area contributed by atoms with Gasteiger partial charge in [0, 0.05) is 32.1 Å². The minimum absolute atomic E-state index is 0. The molecule has 1 aliphatic heterocycles. The van der Waals surface area contributed by atoms with Crippen LogP contribution in [0.5, 0.6) is 0 Å². The molecule has 3 N–H and O–H groups in total. The third kappa shape index (κ3) is 11.4. The van der Waals surface area contributed by atoms with Crippen LogP contribution in [0.1, 0.15) is 77.6 Å². The Morgan fingerprint density at radius 1 is 1.00 bits per heavy atom. The highest BCUT2D eigenvalue weighted by molar-refractivity contribution is 14.0. The van der Waals surface area contributed by atoms with Crippen molar-refractivity contribution in [2.24, 2.45) is 4.99 Å². The lowest BCUT2D eigenvalue weighted by atomic mass is 9.95. The Hall–Kier alpha value is -0.570. The van der Waals surface area contributed by atoms with Gasteiger partial charge in [-0.25, -0.2) is 0 Å². The number of guanidine groups is 1. The number of nitrogens with one attached hydrogen (secondary N) is 3. The molecule has 2 fully saturated rings. The zero-order valence-corrected chi connectivity index (χ0v) is 20.1. The molecule has 0 aromatic carbocycles. The molecular weight excluding hydrogens is 465 g/mol. The van der Waals surface area contributed by atoms with E-state index in [1.807, 2.05) is 0 Å². The molecule has 0 radical (unpaired) electrons. The molecule has 28 heavy (non-hydrogen) atoms. The first kappa shape index (κ1) is 25.5. The fraction of sp³-hybridized carbons (Fsp3) is 0.905. The molecule has 2 aliphatic rings. The molecule has 0 spiro atoms. The Bertz CT molecular complexity index is 433. The van der Waals surface area contributed by atoms with Gasteiger partial charge in [0.15, 0.2) is 5.96 Å². The molecule has 0 bridgehead atoms. The fourth-order valence-corrected chi connectivity index (χ4v) is 4.03. The summed E-state index contributed by atoms with van der Waals surface area (Å²) >= 11 is 0. The summed E-state index contributed by atoms with van der Waals surface area (Å²) in [4.78, 5) is 19.3. The van der Waals surface area contributed by atoms with E-state index in [4.69, 9.17) is 0 Å². The molecule has 2 rings (SSSR count). The van der Waals surface area contributed by atoms with Crippen LogP contribution in [0.2, 0.25) is 0 Å². The molecule has 6 nitrogen and oxygen atoms in total. The molecule has 1 aliphatic carbocycles. The number of carbonyl (C=O) groups excluding carboxylic acids is 1. The van der Waals surface area contributed by atoms with Crippen molar-refractivity contribution < 1.29 is 4.79 Å². The number of halogens is 1. The summed E-state index contributed by atoms with van der Waals surface area (Å²) in [7, 11) is 0. The molecule has 0 atom stereocenters. The molecule has 7 heteroatoms. The number of aliphatic imine (C=N–C) groups is 1. The minimum atomic E-state index is 0. The van der Waals surface area contributed by atoms with Crippen molar-refractivity contribution in [1.29, 1.82) is 0 Å². The van der Waals surface area contributed by atoms with Gasteiger partial charge < -0.3 is 20.9 Å². The van der Waals surface area contributed by atoms with Crippen molar-refractivity contribution in [3.63, 3.8) is 0 Å². The van der Waals surface area contributed by atoms with Gasteiger partial charge in [-0.05, 0) is 58.7 Å². The molecule has 1 saturated carbocycles. The van der Waals surface area contributed by atoms with Gasteiger partial charge in [0.25, 0.3) is 0 Å². The van der Waals surface area contributed by atoms with E-state index in [1.165, 1.54) is 58.0 Å². The van der Waals surface area contributed by atoms with Crippen molar-refractivity contribution >= 4 is 35.8 Å². The Labute approximate surface area is 189 Å². The number of carbonyl (C=O) groups is 1. The molecule has 164 valence electrons. The summed E-state index contributed by atoms with van der Waals surface area (Å²) in [5.41, 5.74) is 0. The predicted octanol–water partition coefficient (Wildman–Crippen LogP) is 3.26. The second kappa shape index (κ2) is 16.3. The molecule has 0 unspecified atom stereocenters. The van der Waals surface area contributed by atoms with Crippen LogP contribution < -0.4 is 16.0 Å². The van der Waals surface area contributed by atoms with Gasteiger partial charge in [-0.15, -0.1) is 24.0 Å². The van der Waals surface area contributed by atoms with Crippen LogP contribution >= 0.6 is 24.0 Å². The van der Waals surface area contributed by atoms with Crippen molar-refractivity contribution in [3.05, 3.63) is 0 Å². The maximum absolute atomic E-state index is 12.1. The second-order valence-electron chi connectivity index (χ2n) is 7.95. The van der Waals surface area contributed by atoms with Crippen LogP contribution in [0.4, 0.5) is 0 Å². The van der Waals surface area contributed by atoms with E-state index < -0.39 is 0 Å². The fourth-order valence-electron chi connectivity index (χ4n) is 4.03. The first-order valence-electron chi connectivity index (χ1n) is 11.3. The Morgan fingerprint density at radius 2 is 1.68 bits per heavy atom. The van der Waals surface area contributed by atoms with E-state index in [1.54, 1.807) is 0 Å². The van der Waals surface area contributed by atoms with Crippen LogP contribution in [0.15, 0.2) is 4.99 Å². The quantitative estimate of drug-likeness (QED) is 0.194. The minimum Gasteiger partial charge on any atom is -0.357 e. The summed E-state index contributed by atoms with van der Waals surface area (Å²) in [6.07, 6.45) is 13.2. The highest BCUT2D eigenvalue weighted by Crippen LogP contribution is 2.17. The Kier molecular flexibility index (Phi) is 14.8. The van der Waals surface area contributed by atoms with Gasteiger partial charge in [0.2, 0.25) is 5.91 Å². The molecule has 1 heterocycles. The van der Waals surface area contributed by atoms with Crippen LogP contribution in [0.25, 0.3) is 0 Å². The van der Waals surface area contributed by atoms with E-state index in [0.29, 0.717) is 19.0 Å². The summed E-state index contributed by atoms with van der Waals surface area (Å²) < 4.78 is 0. The highest BCUT2D eigenvalue weighted by atomic mass is 127. The SMILES string of the molecule is CCNC(=NCCCN1CCCCCC1)NCCC(=O)NC1CCCCC1.I. The zero-order chi connectivity index (χ0) is 19.2. The summed E-state index contributed by atoms with van der Waals surface area (Å²) in [5, 5.41) is 9.76. The average Bonchev–Trinajstić information content (AvgIpc) is 2.95. The Balaban J connectivity index is 0.00000392. The lowest BCUT2D eigenvalue weighted by Gasteiger charge is -2.22. The first-order chi connectivity index (χ1) is 13.3. The van der Waals surface area contributed by atoms with Gasteiger partial charge >= 0.3 is 0 Å². The smallest absolute Gasteiger partial charge is 0.221 e. The van der Waals surface area contributed by atoms with Crippen molar-refractivity contribution in [3.8, 4) is 0 Å². The third-order valence-corrected chi connectivity index (χ3v) is 5.56. The maximum Gasteiger partial charge on any atom is 0.221 e. The van der Waals surface area contributed by atoms with E-state index in [-0.39, 0.29) is 29.9 Å². The number of hydrogen-bond donors (Lipinski definition) is 3. The monoisotopic (exact) mass is 507 g/mol. The van der Waals surface area contributed by atoms with Gasteiger partial charge in [0.05, 0.1) is 0 Å². The van der Waals surface area contributed by atoms with Crippen LogP contribution in [0.3, 0.4) is 0 Å². The summed E-state index contributed by atoms with van der Waals surface area (Å²) in [6.45, 7) is 8.02. The topological polar surface area (TPSA) is 68.8 Å². The average molecular weight is 508 g/mol. The van der Waals surface area contributed by atoms with E-state index >= 15 is 0 Å². The standard InChI is InChI=1S/C21H41N5O.HI/c1-2-22-21(23-14-10-18-26-16-8-3-4-9-17-26)24-15-13-20(27)25-19-11-6-5-7-12-19;/h19H,2-18H2,1H3,(H,25,27)(H2,22,23,24);1H. The van der Waals surface area contributed by atoms with Crippen molar-refractivity contribution in [1.82, 2.24) is 20.9 Å². The number of hydrogen-bond acceptors (Lipinski definition) is 3. The Morgan fingerprint density at radius 3 is 2.36 bits per heavy atom. The molecule has 1 saturated heterocycles. The van der Waals surface area contributed by atoms with Gasteiger partial charge in [-0.1, -0.05) is 32.1 Å². The van der Waals surface area contributed by atoms with E-state index in [0.717, 1.165) is 44.9 Å². The third-order valence-electron chi connectivity index (χ3n) is 5.56. The van der Waals surface area contributed by atoms with Gasteiger partial charge in [-0.3, -0.25) is 9.79 Å². The van der Waals surface area contributed by atoms with Gasteiger partial charge in [-0.2, -0.15) is 0 Å². The normalized spacial score (nSPS) is 19.4. The first-order valence-corrected chi connectivity index (χ1v) is 11.3. The largest absolute Gasteiger partial charge is 0.357 e. The maximum atomic E-state index is 12.1. The highest BCUT2D eigenvalue weighted by Gasteiger charge is 2.15. The van der Waals surface area contributed by atoms with Crippen LogP contribution in [0, 0.1) is 0 Å². The van der Waals surface area contributed by atoms with Crippen LogP contribution in [-0.2, 0) is 4.79 Å². The number of rotatable bonds is 9. The molecule has 0 aromatic heterocycles. The van der Waals surface area contributed by atoms with E-state index in [2.05, 4.69) is 32.8 Å². The number of amides is 1. The summed E-state index contributed by atoms with van der Waals surface area (Å²) in [5.74, 6) is 0.991. The van der Waals surface area contributed by atoms with Crippen LogP contribution in [-0.4, -0.2) is 62.1 Å². The molecule has 0 aromatic rings. The lowest BCUT2D eigenvalue weighted by Crippen LogP contribution is -2.41.